The molecule has 1 aliphatic rings. The third-order valence-corrected chi connectivity index (χ3v) is 6.24. The largest absolute Gasteiger partial charge is 0.398 e. The molecule has 0 aromatic heterocycles. The van der Waals surface area contributed by atoms with Gasteiger partial charge in [0.05, 0.1) is 6.07 Å². The van der Waals surface area contributed by atoms with Crippen LogP contribution >= 0.6 is 0 Å². The van der Waals surface area contributed by atoms with Crippen molar-refractivity contribution in [3.8, 4) is 17.2 Å². The van der Waals surface area contributed by atoms with Gasteiger partial charge in [-0.05, 0) is 60.4 Å². The van der Waals surface area contributed by atoms with E-state index in [1.54, 1.807) is 6.08 Å². The molecule has 0 bridgehead atoms. The van der Waals surface area contributed by atoms with Crippen LogP contribution in [0.4, 0.5) is 11.4 Å². The first-order valence-electron chi connectivity index (χ1n) is 11.0. The molecule has 0 atom stereocenters. The number of nitrogen functional groups attached to an aromatic ring is 1. The lowest BCUT2D eigenvalue weighted by atomic mass is 9.89. The van der Waals surface area contributed by atoms with Crippen molar-refractivity contribution in [1.82, 2.24) is 9.80 Å². The quantitative estimate of drug-likeness (QED) is 0.238. The Balaban J connectivity index is 2.02. The molecule has 0 radical (unpaired) electrons. The molecule has 33 heavy (non-hydrogen) atoms. The molecule has 2 aromatic carbocycles. The van der Waals surface area contributed by atoms with Crippen molar-refractivity contribution in [3.05, 3.63) is 78.0 Å². The van der Waals surface area contributed by atoms with Gasteiger partial charge in [0.2, 0.25) is 0 Å². The molecular formula is C27H32N6. The van der Waals surface area contributed by atoms with Crippen LogP contribution in [-0.4, -0.2) is 48.7 Å². The van der Waals surface area contributed by atoms with Gasteiger partial charge in [0, 0.05) is 66.3 Å². The van der Waals surface area contributed by atoms with Crippen molar-refractivity contribution in [2.24, 2.45) is 0 Å². The number of aryl methyl sites for hydroxylation is 2. The van der Waals surface area contributed by atoms with E-state index < -0.39 is 0 Å². The Kier molecular flexibility index (Phi) is 7.24. The molecule has 0 amide bonds. The van der Waals surface area contributed by atoms with E-state index in [-0.39, 0.29) is 6.54 Å². The zero-order chi connectivity index (χ0) is 24.1. The highest BCUT2D eigenvalue weighted by molar-refractivity contribution is 5.97. The number of hydrogen-bond acceptors (Lipinski definition) is 6. The minimum Gasteiger partial charge on any atom is -0.398 e. The maximum absolute atomic E-state index is 9.20. The second kappa shape index (κ2) is 10.1. The summed E-state index contributed by atoms with van der Waals surface area (Å²) in [6, 6.07) is 10.1. The molecule has 0 saturated carbocycles. The zero-order valence-corrected chi connectivity index (χ0v) is 19.5. The number of allylic oxidation sites excluding steroid dienone is 1. The van der Waals surface area contributed by atoms with Crippen molar-refractivity contribution >= 4 is 23.3 Å². The van der Waals surface area contributed by atoms with Gasteiger partial charge in [0.15, 0.2) is 0 Å². The minimum absolute atomic E-state index is 0.184. The van der Waals surface area contributed by atoms with Gasteiger partial charge in [-0.2, -0.15) is 5.26 Å². The van der Waals surface area contributed by atoms with Gasteiger partial charge in [0.1, 0.15) is 6.54 Å². The molecule has 4 N–H and O–H groups in total. The summed E-state index contributed by atoms with van der Waals surface area (Å²) >= 11 is 0. The molecule has 2 aromatic rings. The van der Waals surface area contributed by atoms with E-state index >= 15 is 0 Å². The van der Waals surface area contributed by atoms with E-state index in [1.165, 1.54) is 6.21 Å². The zero-order valence-electron chi connectivity index (χ0n) is 19.5. The number of nitrogens with two attached hydrogens (primary N) is 1. The van der Waals surface area contributed by atoms with Crippen molar-refractivity contribution < 1.29 is 0 Å². The predicted molar refractivity (Wildman–Crippen MR) is 139 cm³/mol. The monoisotopic (exact) mass is 440 g/mol. The first kappa shape index (κ1) is 23.7. The summed E-state index contributed by atoms with van der Waals surface area (Å²) in [7, 11) is 0. The van der Waals surface area contributed by atoms with Gasteiger partial charge in [-0.3, -0.25) is 0 Å². The lowest BCUT2D eigenvalue weighted by Gasteiger charge is -2.39. The van der Waals surface area contributed by atoms with Crippen molar-refractivity contribution in [2.75, 3.05) is 43.8 Å². The number of benzene rings is 2. The molecule has 1 fully saturated rings. The fraction of sp³-hybridized carbons (Fsp3) is 0.259. The first-order chi connectivity index (χ1) is 15.8. The van der Waals surface area contributed by atoms with Crippen LogP contribution in [-0.2, 0) is 0 Å². The van der Waals surface area contributed by atoms with Crippen LogP contribution in [0.25, 0.3) is 16.8 Å². The molecule has 3 rings (SSSR count). The number of hydrogen-bond donors (Lipinski definition) is 3. The van der Waals surface area contributed by atoms with Crippen LogP contribution < -0.4 is 11.1 Å². The summed E-state index contributed by atoms with van der Waals surface area (Å²) in [5.41, 5.74) is 15.2. The van der Waals surface area contributed by atoms with Crippen LogP contribution in [0.5, 0.6) is 0 Å². The third kappa shape index (κ3) is 4.78. The van der Waals surface area contributed by atoms with Crippen LogP contribution in [0, 0.1) is 30.6 Å². The van der Waals surface area contributed by atoms with E-state index in [0.29, 0.717) is 11.3 Å². The summed E-state index contributed by atoms with van der Waals surface area (Å²) in [5, 5.41) is 20.4. The fourth-order valence-corrected chi connectivity index (χ4v) is 4.32. The molecule has 0 spiro atoms. The van der Waals surface area contributed by atoms with E-state index in [9.17, 15) is 5.26 Å². The standard InChI is InChI=1S/C27H32N6/c1-6-20(4)32-11-13-33(14-12-32)21(5)23-15-19(3)22(16-26(23)31-10-9-28)27-18(2)7-8-25(30)24(27)17-29/h6-8,15-17,29,31H,1,4-5,10-14,30H2,2-3H3. The van der Waals surface area contributed by atoms with Gasteiger partial charge in [-0.25, -0.2) is 0 Å². The molecule has 1 aliphatic heterocycles. The average Bonchev–Trinajstić information content (AvgIpc) is 2.83. The molecule has 6 nitrogen and oxygen atoms in total. The Bertz CT molecular complexity index is 1150. The maximum Gasteiger partial charge on any atom is 0.103 e. The molecular weight excluding hydrogens is 408 g/mol. The van der Waals surface area contributed by atoms with Crippen LogP contribution in [0.1, 0.15) is 22.3 Å². The number of nitriles is 1. The van der Waals surface area contributed by atoms with E-state index in [4.69, 9.17) is 11.1 Å². The molecule has 6 heteroatoms. The molecule has 0 unspecified atom stereocenters. The number of nitrogens with one attached hydrogen (secondary N) is 2. The first-order valence-corrected chi connectivity index (χ1v) is 11.0. The molecule has 0 aliphatic carbocycles. The Labute approximate surface area is 196 Å². The third-order valence-electron chi connectivity index (χ3n) is 6.24. The summed E-state index contributed by atoms with van der Waals surface area (Å²) in [6.07, 6.45) is 3.10. The highest BCUT2D eigenvalue weighted by atomic mass is 15.3. The summed E-state index contributed by atoms with van der Waals surface area (Å²) in [6.45, 7) is 19.9. The van der Waals surface area contributed by atoms with Crippen molar-refractivity contribution in [3.63, 3.8) is 0 Å². The summed E-state index contributed by atoms with van der Waals surface area (Å²) in [4.78, 5) is 4.50. The second-order valence-electron chi connectivity index (χ2n) is 8.25. The van der Waals surface area contributed by atoms with Gasteiger partial charge in [-0.1, -0.05) is 25.8 Å². The van der Waals surface area contributed by atoms with Gasteiger partial charge in [-0.15, -0.1) is 0 Å². The molecule has 1 saturated heterocycles. The molecule has 170 valence electrons. The lowest BCUT2D eigenvalue weighted by Crippen LogP contribution is -2.44. The SMILES string of the molecule is C=CC(=C)N1CCN(C(=C)c2cc(C)c(-c3c(C)ccc(N)c3C=N)cc2NCC#N)CC1. The second-order valence-corrected chi connectivity index (χ2v) is 8.25. The van der Waals surface area contributed by atoms with Crippen LogP contribution in [0.2, 0.25) is 0 Å². The van der Waals surface area contributed by atoms with Gasteiger partial charge in [0.25, 0.3) is 0 Å². The Morgan fingerprint density at radius 2 is 1.82 bits per heavy atom. The van der Waals surface area contributed by atoms with Gasteiger partial charge < -0.3 is 26.3 Å². The van der Waals surface area contributed by atoms with E-state index in [1.807, 2.05) is 19.1 Å². The number of rotatable bonds is 8. The number of nitrogens with zero attached hydrogens (tertiary/aromatic N) is 3. The summed E-state index contributed by atoms with van der Waals surface area (Å²) in [5.74, 6) is 0. The Hall–Kier alpha value is -3.98. The average molecular weight is 441 g/mol. The van der Waals surface area contributed by atoms with Crippen molar-refractivity contribution in [1.29, 1.82) is 10.7 Å². The Morgan fingerprint density at radius 3 is 2.42 bits per heavy atom. The van der Waals surface area contributed by atoms with Crippen LogP contribution in [0.3, 0.4) is 0 Å². The van der Waals surface area contributed by atoms with Crippen molar-refractivity contribution in [2.45, 2.75) is 13.8 Å². The molecule has 1 heterocycles. The van der Waals surface area contributed by atoms with Crippen LogP contribution in [0.15, 0.2) is 55.8 Å². The number of piperazine rings is 1. The Morgan fingerprint density at radius 1 is 1.15 bits per heavy atom. The maximum atomic E-state index is 9.20. The topological polar surface area (TPSA) is 92.2 Å². The highest BCUT2D eigenvalue weighted by Crippen LogP contribution is 2.38. The fourth-order valence-electron chi connectivity index (χ4n) is 4.32. The smallest absolute Gasteiger partial charge is 0.103 e. The summed E-state index contributed by atoms with van der Waals surface area (Å²) < 4.78 is 0. The van der Waals surface area contributed by atoms with Gasteiger partial charge >= 0.3 is 0 Å². The number of anilines is 2. The minimum atomic E-state index is 0.184. The predicted octanol–water partition coefficient (Wildman–Crippen LogP) is 4.77. The van der Waals surface area contributed by atoms with E-state index in [0.717, 1.165) is 71.1 Å². The van der Waals surface area contributed by atoms with E-state index in [2.05, 4.69) is 60.0 Å². The lowest BCUT2D eigenvalue weighted by molar-refractivity contribution is 0.219. The normalized spacial score (nSPS) is 13.2. The highest BCUT2D eigenvalue weighted by Gasteiger charge is 2.22.